The summed E-state index contributed by atoms with van der Waals surface area (Å²) in [6, 6.07) is 9.69. The maximum Gasteiger partial charge on any atom is 0.508 e. The molecule has 0 radical (unpaired) electrons. The first-order valence-corrected chi connectivity index (χ1v) is 34.7. The molecule has 1 aliphatic rings. The number of carbonyl (C=O) groups is 7. The van der Waals surface area contributed by atoms with Crippen LogP contribution in [0.1, 0.15) is 112 Å². The first kappa shape index (κ1) is 92.0. The van der Waals surface area contributed by atoms with Crippen molar-refractivity contribution in [2.24, 2.45) is 5.92 Å². The first-order valence-electron chi connectivity index (χ1n) is 34.0. The third kappa shape index (κ3) is 37.0. The quantitative estimate of drug-likeness (QED) is 0.00972. The van der Waals surface area contributed by atoms with Gasteiger partial charge in [0.05, 0.1) is 82.5 Å². The highest BCUT2D eigenvalue weighted by molar-refractivity contribution is 7.80. The number of hydrogen-bond acceptors (Lipinski definition) is 32. The number of esters is 3. The second-order valence-electron chi connectivity index (χ2n) is 22.8. The zero-order valence-electron chi connectivity index (χ0n) is 60.6. The van der Waals surface area contributed by atoms with Gasteiger partial charge in [0.1, 0.15) is 43.7 Å². The molecule has 0 spiro atoms. The number of carbonyl (C=O) groups excluding carboxylic acids is 6. The van der Waals surface area contributed by atoms with Crippen LogP contribution in [0.4, 0.5) is 10.6 Å². The number of carboxylic acids is 1. The molecule has 5 rings (SSSR count). The van der Waals surface area contributed by atoms with Gasteiger partial charge in [0.25, 0.3) is 0 Å². The molecule has 34 nitrogen and oxygen atoms in total. The number of aromatic nitrogens is 3. The highest BCUT2D eigenvalue weighted by atomic mass is 32.1. The van der Waals surface area contributed by atoms with Crippen molar-refractivity contribution in [2.45, 2.75) is 168 Å². The number of thiol groups is 1. The number of nitrogens with one attached hydrogen (secondary N) is 2. The van der Waals surface area contributed by atoms with Gasteiger partial charge in [0.15, 0.2) is 42.4 Å². The fourth-order valence-electron chi connectivity index (χ4n) is 8.73. The molecule has 8 N–H and O–H groups in total. The number of carboxylic acid groups (broad SMARTS) is 1. The molecule has 4 aromatic rings. The second-order valence-corrected chi connectivity index (χ2v) is 23.2. The molecule has 1 aliphatic heterocycles. The molecule has 103 heavy (non-hydrogen) atoms. The Morgan fingerprint density at radius 3 is 1.63 bits per heavy atom. The molecule has 0 bridgehead atoms. The van der Waals surface area contributed by atoms with Crippen molar-refractivity contribution < 1.29 is 135 Å². The molecular formula is C68H108N6O28S. The number of amides is 2. The minimum atomic E-state index is -0.945. The fourth-order valence-corrected chi connectivity index (χ4v) is 8.84. The van der Waals surface area contributed by atoms with Crippen LogP contribution in [0.2, 0.25) is 0 Å². The van der Waals surface area contributed by atoms with E-state index in [1.54, 1.807) is 38.2 Å². The highest BCUT2D eigenvalue weighted by Gasteiger charge is 2.29. The molecule has 1 aromatic carbocycles. The predicted molar refractivity (Wildman–Crippen MR) is 373 cm³/mol. The minimum absolute atomic E-state index is 0.00276. The predicted octanol–water partition coefficient (Wildman–Crippen LogP) is 4.41. The van der Waals surface area contributed by atoms with Crippen LogP contribution in [-0.2, 0) is 90.3 Å². The number of benzene rings is 1. The number of rotatable bonds is 46. The van der Waals surface area contributed by atoms with E-state index in [-0.39, 0.29) is 140 Å². The Morgan fingerprint density at radius 2 is 1.15 bits per heavy atom. The molecule has 1 saturated heterocycles. The third-order valence-electron chi connectivity index (χ3n) is 14.8. The molecule has 8 unspecified atom stereocenters. The van der Waals surface area contributed by atoms with E-state index in [4.69, 9.17) is 106 Å². The number of aliphatic hydroxyl groups excluding tert-OH is 5. The smallest absolute Gasteiger partial charge is 0.481 e. The fraction of sp³-hybridized carbons (Fsp3) is 0.676. The standard InChI is InChI=1S/C36H45N5O10.C13H25NO7S.C12H22O7.C7H16O4/c1-5-24(20-42)49-29(46-4)21-48-28(44)13-7-12-27(43)38-30(22(2)3)36(45)50-25-10-6-9-23(19-25)33-39-31-26-11-8-14-37-35(26)51-32(31)34(40-33)41-15-17-47-18-16-41;1-3-10(8-15)21-12(18-2)9-20-13(17)19-6-4-11(16)14-5-7-22;1-3-9(7-13)19-12(17-2)8-18-11(16)6-4-5-10(14)15;1-3-6(4-8)11-7(5-9)10-2/h6,8-11,14,19,22,24,29-30,42H,5,7,12-13,15-18,20-21H2,1-4H3,(H,38,43);10,12,15,22H,3-9H2,1-2H3,(H,14,16);9,12-13H,3-8H2,1-2H3,(H,14,15);6-9H,3-5H2,1-2H3/t24?,29?,30-;;;/m0.../s1. The first-order chi connectivity index (χ1) is 49.6. The number of pyridine rings is 1. The molecule has 35 heteroatoms. The van der Waals surface area contributed by atoms with Gasteiger partial charge in [-0.3, -0.25) is 24.0 Å². The van der Waals surface area contributed by atoms with Crippen LogP contribution in [-0.4, -0.2) is 270 Å². The number of aliphatic hydroxyl groups is 5. The number of morpholine rings is 1. The molecule has 1 fully saturated rings. The molecular weight excluding hydrogens is 1380 g/mol. The van der Waals surface area contributed by atoms with Crippen molar-refractivity contribution in [3.8, 4) is 17.1 Å². The van der Waals surface area contributed by atoms with Crippen molar-refractivity contribution in [1.82, 2.24) is 25.6 Å². The summed E-state index contributed by atoms with van der Waals surface area (Å²) in [4.78, 5) is 98.7. The van der Waals surface area contributed by atoms with Gasteiger partial charge in [-0.25, -0.2) is 24.5 Å². The van der Waals surface area contributed by atoms with Crippen molar-refractivity contribution in [3.63, 3.8) is 0 Å². The topological polar surface area (TPSA) is 449 Å². The van der Waals surface area contributed by atoms with Crippen LogP contribution in [0, 0.1) is 5.92 Å². The maximum atomic E-state index is 13.3. The lowest BCUT2D eigenvalue weighted by molar-refractivity contribution is -0.194. The summed E-state index contributed by atoms with van der Waals surface area (Å²) in [5.74, 6) is -1.66. The van der Waals surface area contributed by atoms with E-state index in [2.05, 4.69) is 33.1 Å². The lowest BCUT2D eigenvalue weighted by Gasteiger charge is -2.27. The largest absolute Gasteiger partial charge is 0.508 e. The summed E-state index contributed by atoms with van der Waals surface area (Å²) in [7, 11) is 5.67. The SMILES string of the molecule is CCC(CO)OC(CO)OC.CCC(CO)OC(COC(=O)CCCC(=O)N[C@H](C(=O)Oc1cccc(-c2nc(N3CCOCC3)c3oc4ncccc4c3n2)c1)C(C)C)OC.CCC(CO)OC(COC(=O)CCCC(=O)O)OC.CCC(CO)OC(COC(=O)OCCC(=O)NCCS)OC. The molecule has 584 valence electrons. The van der Waals surface area contributed by atoms with E-state index < -0.39 is 73.2 Å². The Balaban J connectivity index is 0.000000569. The van der Waals surface area contributed by atoms with Crippen LogP contribution < -0.4 is 20.3 Å². The number of fused-ring (bicyclic) bond motifs is 3. The molecule has 0 aliphatic carbocycles. The van der Waals surface area contributed by atoms with Gasteiger partial charge in [-0.15, -0.1) is 0 Å². The summed E-state index contributed by atoms with van der Waals surface area (Å²) < 4.78 is 78.3. The number of ether oxygens (including phenoxy) is 14. The number of nitrogens with zero attached hydrogens (tertiary/aromatic N) is 4. The van der Waals surface area contributed by atoms with Gasteiger partial charge in [0, 0.05) is 91.3 Å². The third-order valence-corrected chi connectivity index (χ3v) is 15.0. The van der Waals surface area contributed by atoms with Gasteiger partial charge in [-0.2, -0.15) is 12.6 Å². The summed E-state index contributed by atoms with van der Waals surface area (Å²) in [5, 5.41) is 59.1. The van der Waals surface area contributed by atoms with Crippen molar-refractivity contribution in [2.75, 3.05) is 131 Å². The highest BCUT2D eigenvalue weighted by Crippen LogP contribution is 2.35. The van der Waals surface area contributed by atoms with E-state index in [0.29, 0.717) is 98.3 Å². The van der Waals surface area contributed by atoms with E-state index >= 15 is 0 Å². The second kappa shape index (κ2) is 54.5. The van der Waals surface area contributed by atoms with E-state index in [1.807, 2.05) is 45.9 Å². The summed E-state index contributed by atoms with van der Waals surface area (Å²) in [6.45, 7) is 12.7. The molecule has 4 heterocycles. The lowest BCUT2D eigenvalue weighted by Crippen LogP contribution is -2.46. The Kier molecular flexibility index (Phi) is 48.7. The molecule has 9 atom stereocenters. The summed E-state index contributed by atoms with van der Waals surface area (Å²) in [5.41, 5.74) is 2.25. The van der Waals surface area contributed by atoms with E-state index in [1.165, 1.54) is 28.4 Å². The van der Waals surface area contributed by atoms with Crippen molar-refractivity contribution in [3.05, 3.63) is 42.6 Å². The van der Waals surface area contributed by atoms with Crippen LogP contribution in [0.3, 0.4) is 0 Å². The van der Waals surface area contributed by atoms with Gasteiger partial charge >= 0.3 is 30.0 Å². The normalized spacial score (nSPS) is 14.6. The Morgan fingerprint density at radius 1 is 0.621 bits per heavy atom. The molecule has 0 saturated carbocycles. The number of furan rings is 1. The maximum absolute atomic E-state index is 13.3. The average Bonchev–Trinajstić information content (AvgIpc) is 1.62. The average molecular weight is 1490 g/mol. The van der Waals surface area contributed by atoms with Crippen LogP contribution >= 0.6 is 12.6 Å². The zero-order valence-corrected chi connectivity index (χ0v) is 61.5. The minimum Gasteiger partial charge on any atom is -0.481 e. The number of methoxy groups -OCH3 is 4. The monoisotopic (exact) mass is 1490 g/mol. The summed E-state index contributed by atoms with van der Waals surface area (Å²) >= 11 is 3.95. The van der Waals surface area contributed by atoms with E-state index in [0.717, 1.165) is 5.39 Å². The van der Waals surface area contributed by atoms with Crippen molar-refractivity contribution >= 4 is 82.5 Å². The Hall–Kier alpha value is -7.07. The van der Waals surface area contributed by atoms with Crippen molar-refractivity contribution in [1.29, 1.82) is 0 Å². The number of anilines is 1. The van der Waals surface area contributed by atoms with Gasteiger partial charge < -0.3 is 117 Å². The van der Waals surface area contributed by atoms with Crippen LogP contribution in [0.25, 0.3) is 33.6 Å². The lowest BCUT2D eigenvalue weighted by atomic mass is 10.0. The van der Waals surface area contributed by atoms with Gasteiger partial charge in [0.2, 0.25) is 17.5 Å². The zero-order chi connectivity index (χ0) is 76.5. The molecule has 2 amide bonds. The van der Waals surface area contributed by atoms with Gasteiger partial charge in [-0.1, -0.05) is 53.7 Å². The number of hydrogen-bond donors (Lipinski definition) is 9. The number of aliphatic carboxylic acids is 1. The Bertz CT molecular complexity index is 3010. The van der Waals surface area contributed by atoms with Crippen LogP contribution in [0.15, 0.2) is 47.0 Å². The van der Waals surface area contributed by atoms with Gasteiger partial charge in [-0.05, 0) is 68.7 Å². The molecule has 3 aromatic heterocycles. The summed E-state index contributed by atoms with van der Waals surface area (Å²) in [6.07, 6.45) is -0.697. The van der Waals surface area contributed by atoms with E-state index in [9.17, 15) is 38.7 Å². The van der Waals surface area contributed by atoms with Crippen LogP contribution in [0.5, 0.6) is 5.75 Å². The Labute approximate surface area is 605 Å².